The summed E-state index contributed by atoms with van der Waals surface area (Å²) in [6.45, 7) is 1.74. The summed E-state index contributed by atoms with van der Waals surface area (Å²) in [4.78, 5) is 0. The van der Waals surface area contributed by atoms with Crippen LogP contribution in [0.15, 0.2) is 60.7 Å². The average molecular weight is 422 g/mol. The van der Waals surface area contributed by atoms with E-state index < -0.39 is 34.4 Å². The quantitative estimate of drug-likeness (QED) is 0.237. The summed E-state index contributed by atoms with van der Waals surface area (Å²) >= 11 is 0. The van der Waals surface area contributed by atoms with Crippen molar-refractivity contribution in [3.8, 4) is 23.0 Å². The molecule has 0 atom stereocenters. The third kappa shape index (κ3) is 4.15. The van der Waals surface area contributed by atoms with Crippen LogP contribution in [0, 0.1) is 40.9 Å². The van der Waals surface area contributed by atoms with Crippen LogP contribution in [0.1, 0.15) is 23.6 Å². The van der Waals surface area contributed by atoms with E-state index in [1.54, 1.807) is 31.2 Å². The third-order valence-corrected chi connectivity index (χ3v) is 4.98. The van der Waals surface area contributed by atoms with Gasteiger partial charge in [0.2, 0.25) is 0 Å². The van der Waals surface area contributed by atoms with Crippen molar-refractivity contribution in [3.05, 3.63) is 106 Å². The van der Waals surface area contributed by atoms with Crippen molar-refractivity contribution >= 4 is 10.8 Å². The first kappa shape index (κ1) is 20.6. The first-order chi connectivity index (χ1) is 14.9. The van der Waals surface area contributed by atoms with Gasteiger partial charge in [-0.25, -0.2) is 22.0 Å². The minimum Gasteiger partial charge on any atom is -0.207 e. The van der Waals surface area contributed by atoms with E-state index in [1.165, 1.54) is 12.1 Å². The number of hydrogen-bond donors (Lipinski definition) is 0. The van der Waals surface area contributed by atoms with Gasteiger partial charge in [0, 0.05) is 5.56 Å². The van der Waals surface area contributed by atoms with Crippen LogP contribution in [-0.4, -0.2) is 0 Å². The van der Waals surface area contributed by atoms with E-state index in [2.05, 4.69) is 11.8 Å². The first-order valence-corrected chi connectivity index (χ1v) is 9.54. The standard InChI is InChI=1S/C26H15F5/c1-2-15-10-24(30)26(25(31)11-15)19-13-22(28)21(23(29)14-19)8-4-16-3-5-18-12-20(27)7-6-17(18)9-16/h3,5-7,9-14H,2H2,1H3. The molecule has 0 aliphatic carbocycles. The van der Waals surface area contributed by atoms with Crippen LogP contribution in [0.2, 0.25) is 0 Å². The van der Waals surface area contributed by atoms with Gasteiger partial charge in [-0.05, 0) is 76.9 Å². The molecule has 0 spiro atoms. The molecule has 154 valence electrons. The van der Waals surface area contributed by atoms with Gasteiger partial charge in [-0.1, -0.05) is 30.9 Å². The molecule has 0 radical (unpaired) electrons. The summed E-state index contributed by atoms with van der Waals surface area (Å²) < 4.78 is 71.1. The Hall–Kier alpha value is -3.65. The molecule has 4 aromatic rings. The minimum absolute atomic E-state index is 0.245. The number of hydrogen-bond acceptors (Lipinski definition) is 0. The van der Waals surface area contributed by atoms with Crippen LogP contribution in [0.3, 0.4) is 0 Å². The minimum atomic E-state index is -1.02. The summed E-state index contributed by atoms with van der Waals surface area (Å²) in [6.07, 6.45) is 0.426. The average Bonchev–Trinajstić information content (AvgIpc) is 2.72. The van der Waals surface area contributed by atoms with Crippen molar-refractivity contribution in [2.75, 3.05) is 0 Å². The van der Waals surface area contributed by atoms with Crippen molar-refractivity contribution in [2.24, 2.45) is 0 Å². The van der Waals surface area contributed by atoms with Crippen molar-refractivity contribution < 1.29 is 22.0 Å². The second-order valence-corrected chi connectivity index (χ2v) is 7.06. The highest BCUT2D eigenvalue weighted by Crippen LogP contribution is 2.30. The Morgan fingerprint density at radius 3 is 1.90 bits per heavy atom. The van der Waals surface area contributed by atoms with E-state index in [4.69, 9.17) is 0 Å². The summed E-state index contributed by atoms with van der Waals surface area (Å²) in [6, 6.07) is 13.2. The molecule has 0 nitrogen and oxygen atoms in total. The molecule has 0 aliphatic heterocycles. The van der Waals surface area contributed by atoms with Crippen molar-refractivity contribution in [2.45, 2.75) is 13.3 Å². The number of rotatable bonds is 2. The lowest BCUT2D eigenvalue weighted by Crippen LogP contribution is -1.97. The normalized spacial score (nSPS) is 10.8. The fourth-order valence-electron chi connectivity index (χ4n) is 3.37. The van der Waals surface area contributed by atoms with E-state index in [0.29, 0.717) is 22.9 Å². The maximum Gasteiger partial charge on any atom is 0.142 e. The molecule has 0 fully saturated rings. The lowest BCUT2D eigenvalue weighted by atomic mass is 9.99. The topological polar surface area (TPSA) is 0 Å². The van der Waals surface area contributed by atoms with Gasteiger partial charge in [-0.15, -0.1) is 0 Å². The molecule has 0 amide bonds. The van der Waals surface area contributed by atoms with Crippen LogP contribution in [0.5, 0.6) is 0 Å². The predicted molar refractivity (Wildman–Crippen MR) is 111 cm³/mol. The lowest BCUT2D eigenvalue weighted by molar-refractivity contribution is 0.573. The molecule has 0 saturated carbocycles. The monoisotopic (exact) mass is 422 g/mol. The van der Waals surface area contributed by atoms with Crippen molar-refractivity contribution in [1.29, 1.82) is 0 Å². The maximum atomic E-state index is 14.6. The Morgan fingerprint density at radius 1 is 0.645 bits per heavy atom. The van der Waals surface area contributed by atoms with E-state index in [-0.39, 0.29) is 11.4 Å². The number of halogens is 5. The van der Waals surface area contributed by atoms with Gasteiger partial charge in [0.25, 0.3) is 0 Å². The molecule has 0 saturated heterocycles. The number of fused-ring (bicyclic) bond motifs is 1. The number of benzene rings is 4. The second-order valence-electron chi connectivity index (χ2n) is 7.06. The largest absolute Gasteiger partial charge is 0.207 e. The molecule has 0 heterocycles. The highest BCUT2D eigenvalue weighted by molar-refractivity contribution is 5.84. The zero-order chi connectivity index (χ0) is 22.1. The fourth-order valence-corrected chi connectivity index (χ4v) is 3.37. The van der Waals surface area contributed by atoms with Gasteiger partial charge in [-0.3, -0.25) is 0 Å². The first-order valence-electron chi connectivity index (χ1n) is 9.54. The Bertz CT molecular complexity index is 1330. The van der Waals surface area contributed by atoms with Gasteiger partial charge in [0.05, 0.1) is 11.1 Å². The second kappa shape index (κ2) is 8.23. The molecule has 31 heavy (non-hydrogen) atoms. The summed E-state index contributed by atoms with van der Waals surface area (Å²) in [5.41, 5.74) is -0.314. The summed E-state index contributed by atoms with van der Waals surface area (Å²) in [7, 11) is 0. The highest BCUT2D eigenvalue weighted by atomic mass is 19.1. The molecular weight excluding hydrogens is 407 g/mol. The number of aryl methyl sites for hydroxylation is 1. The molecule has 0 aromatic heterocycles. The van der Waals surface area contributed by atoms with E-state index in [9.17, 15) is 22.0 Å². The van der Waals surface area contributed by atoms with Crippen LogP contribution >= 0.6 is 0 Å². The van der Waals surface area contributed by atoms with Gasteiger partial charge in [-0.2, -0.15) is 0 Å². The molecule has 0 aliphatic rings. The lowest BCUT2D eigenvalue weighted by Gasteiger charge is -2.09. The molecule has 4 rings (SSSR count). The van der Waals surface area contributed by atoms with Crippen LogP contribution in [0.25, 0.3) is 21.9 Å². The highest BCUT2D eigenvalue weighted by Gasteiger charge is 2.17. The van der Waals surface area contributed by atoms with Crippen molar-refractivity contribution in [1.82, 2.24) is 0 Å². The van der Waals surface area contributed by atoms with Crippen LogP contribution in [0.4, 0.5) is 22.0 Å². The molecule has 0 unspecified atom stereocenters. The van der Waals surface area contributed by atoms with Gasteiger partial charge >= 0.3 is 0 Å². The molecule has 4 aromatic carbocycles. The molecular formula is C26H15F5. The fraction of sp³-hybridized carbons (Fsp3) is 0.0769. The van der Waals surface area contributed by atoms with Gasteiger partial charge in [0.15, 0.2) is 0 Å². The Balaban J connectivity index is 1.72. The van der Waals surface area contributed by atoms with E-state index in [1.807, 2.05) is 0 Å². The zero-order valence-electron chi connectivity index (χ0n) is 16.4. The Kier molecular flexibility index (Phi) is 5.48. The summed E-state index contributed by atoms with van der Waals surface area (Å²) in [5.74, 6) is 0.922. The van der Waals surface area contributed by atoms with Gasteiger partial charge < -0.3 is 0 Å². The smallest absolute Gasteiger partial charge is 0.142 e. The SMILES string of the molecule is CCc1cc(F)c(-c2cc(F)c(C#Cc3ccc4cc(F)ccc4c3)c(F)c2)c(F)c1. The molecule has 0 N–H and O–H groups in total. The zero-order valence-corrected chi connectivity index (χ0v) is 16.4. The van der Waals surface area contributed by atoms with Gasteiger partial charge in [0.1, 0.15) is 29.1 Å². The molecule has 5 heteroatoms. The molecule has 0 bridgehead atoms. The summed E-state index contributed by atoms with van der Waals surface area (Å²) in [5, 5.41) is 1.40. The van der Waals surface area contributed by atoms with E-state index >= 15 is 0 Å². The van der Waals surface area contributed by atoms with Crippen molar-refractivity contribution in [3.63, 3.8) is 0 Å². The van der Waals surface area contributed by atoms with Crippen LogP contribution in [-0.2, 0) is 6.42 Å². The van der Waals surface area contributed by atoms with Crippen LogP contribution < -0.4 is 0 Å². The maximum absolute atomic E-state index is 14.6. The predicted octanol–water partition coefficient (Wildman–Crippen LogP) is 7.16. The Morgan fingerprint density at radius 2 is 1.26 bits per heavy atom. The third-order valence-electron chi connectivity index (χ3n) is 4.98. The Labute approximate surface area is 176 Å². The van der Waals surface area contributed by atoms with E-state index in [0.717, 1.165) is 29.7 Å².